The number of carbonyl (C=O) groups excluding carboxylic acids is 1. The van der Waals surface area contributed by atoms with E-state index in [0.717, 1.165) is 25.7 Å². The average Bonchev–Trinajstić information content (AvgIpc) is 2.55. The number of amides is 1. The standard InChI is InChI=1S/C17H22ClFN2O2/c18-15-10-12(17(22)21-14-4-2-1-3-5-14)6-7-16(15)23-11-13(19)8-9-20/h6-8,10,14H,1-5,9,11,20H2,(H,21,22). The predicted octanol–water partition coefficient (Wildman–Crippen LogP) is 3.59. The zero-order valence-electron chi connectivity index (χ0n) is 13.0. The molecule has 0 spiro atoms. The Kier molecular flexibility index (Phi) is 6.86. The van der Waals surface area contributed by atoms with Crippen molar-refractivity contribution in [1.82, 2.24) is 5.32 Å². The third kappa shape index (κ3) is 5.52. The second kappa shape index (κ2) is 8.89. The topological polar surface area (TPSA) is 64.3 Å². The van der Waals surface area contributed by atoms with Gasteiger partial charge in [-0.05, 0) is 37.1 Å². The van der Waals surface area contributed by atoms with Crippen molar-refractivity contribution in [2.75, 3.05) is 13.2 Å². The molecule has 3 N–H and O–H groups in total. The van der Waals surface area contributed by atoms with E-state index in [-0.39, 0.29) is 30.1 Å². The first-order valence-corrected chi connectivity index (χ1v) is 8.25. The van der Waals surface area contributed by atoms with Gasteiger partial charge in [0.05, 0.1) is 5.02 Å². The van der Waals surface area contributed by atoms with Gasteiger partial charge >= 0.3 is 0 Å². The number of rotatable bonds is 6. The maximum Gasteiger partial charge on any atom is 0.251 e. The maximum atomic E-state index is 13.2. The van der Waals surface area contributed by atoms with Gasteiger partial charge in [-0.2, -0.15) is 0 Å². The third-order valence-corrected chi connectivity index (χ3v) is 4.13. The molecule has 1 aromatic carbocycles. The molecule has 6 heteroatoms. The summed E-state index contributed by atoms with van der Waals surface area (Å²) in [4.78, 5) is 12.2. The second-order valence-corrected chi connectivity index (χ2v) is 6.04. The smallest absolute Gasteiger partial charge is 0.251 e. The molecule has 4 nitrogen and oxygen atoms in total. The minimum absolute atomic E-state index is 0.114. The number of halogens is 2. The van der Waals surface area contributed by atoms with Gasteiger partial charge in [0.25, 0.3) is 5.91 Å². The molecule has 1 fully saturated rings. The van der Waals surface area contributed by atoms with Crippen LogP contribution in [0.4, 0.5) is 4.39 Å². The predicted molar refractivity (Wildman–Crippen MR) is 89.5 cm³/mol. The van der Waals surface area contributed by atoms with Gasteiger partial charge in [0, 0.05) is 18.2 Å². The number of ether oxygens (including phenoxy) is 1. The molecule has 1 amide bonds. The van der Waals surface area contributed by atoms with E-state index in [0.29, 0.717) is 11.3 Å². The molecule has 23 heavy (non-hydrogen) atoms. The first kappa shape index (κ1) is 17.8. The largest absolute Gasteiger partial charge is 0.485 e. The lowest BCUT2D eigenvalue weighted by molar-refractivity contribution is 0.0927. The molecule has 0 unspecified atom stereocenters. The lowest BCUT2D eigenvalue weighted by Gasteiger charge is -2.22. The van der Waals surface area contributed by atoms with Crippen molar-refractivity contribution in [3.8, 4) is 5.75 Å². The van der Waals surface area contributed by atoms with Crippen molar-refractivity contribution in [1.29, 1.82) is 0 Å². The van der Waals surface area contributed by atoms with E-state index in [4.69, 9.17) is 22.1 Å². The summed E-state index contributed by atoms with van der Waals surface area (Å²) in [5.41, 5.74) is 5.69. The van der Waals surface area contributed by atoms with Crippen LogP contribution in [0.25, 0.3) is 0 Å². The molecule has 0 heterocycles. The molecule has 1 aromatic rings. The summed E-state index contributed by atoms with van der Waals surface area (Å²) >= 11 is 6.11. The fourth-order valence-electron chi connectivity index (χ4n) is 2.61. The summed E-state index contributed by atoms with van der Waals surface area (Å²) < 4.78 is 18.5. The summed E-state index contributed by atoms with van der Waals surface area (Å²) in [6, 6.07) is 4.98. The monoisotopic (exact) mass is 340 g/mol. The maximum absolute atomic E-state index is 13.2. The van der Waals surface area contributed by atoms with Crippen molar-refractivity contribution in [3.05, 3.63) is 40.7 Å². The Hall–Kier alpha value is -1.59. The first-order valence-electron chi connectivity index (χ1n) is 7.88. The normalized spacial score (nSPS) is 16.2. The summed E-state index contributed by atoms with van der Waals surface area (Å²) in [5.74, 6) is -0.260. The number of carbonyl (C=O) groups is 1. The van der Waals surface area contributed by atoms with E-state index >= 15 is 0 Å². The Morgan fingerprint density at radius 3 is 2.78 bits per heavy atom. The SMILES string of the molecule is NCC=C(F)COc1ccc(C(=O)NC2CCCCC2)cc1Cl. The van der Waals surface area contributed by atoms with E-state index in [1.165, 1.54) is 12.5 Å². The highest BCUT2D eigenvalue weighted by Gasteiger charge is 2.17. The van der Waals surface area contributed by atoms with Crippen molar-refractivity contribution in [2.45, 2.75) is 38.1 Å². The molecule has 0 bridgehead atoms. The number of hydrogen-bond acceptors (Lipinski definition) is 3. The van der Waals surface area contributed by atoms with Gasteiger partial charge in [-0.25, -0.2) is 4.39 Å². The first-order chi connectivity index (χ1) is 11.1. The quantitative estimate of drug-likeness (QED) is 0.831. The Morgan fingerprint density at radius 1 is 1.39 bits per heavy atom. The minimum atomic E-state index is -0.456. The van der Waals surface area contributed by atoms with Crippen LogP contribution in [-0.2, 0) is 0 Å². The lowest BCUT2D eigenvalue weighted by Crippen LogP contribution is -2.36. The zero-order valence-corrected chi connectivity index (χ0v) is 13.7. The summed E-state index contributed by atoms with van der Waals surface area (Å²) in [5, 5.41) is 3.31. The molecular weight excluding hydrogens is 319 g/mol. The Morgan fingerprint density at radius 2 is 2.13 bits per heavy atom. The van der Waals surface area contributed by atoms with Crippen LogP contribution >= 0.6 is 11.6 Å². The van der Waals surface area contributed by atoms with Crippen LogP contribution in [0.1, 0.15) is 42.5 Å². The third-order valence-electron chi connectivity index (χ3n) is 3.84. The Labute approximate surface area is 140 Å². The molecule has 0 saturated heterocycles. The molecule has 2 rings (SSSR count). The summed E-state index contributed by atoms with van der Waals surface area (Å²) in [6.45, 7) is -0.117. The van der Waals surface area contributed by atoms with Crippen molar-refractivity contribution >= 4 is 17.5 Å². The van der Waals surface area contributed by atoms with Gasteiger partial charge in [0.2, 0.25) is 0 Å². The van der Waals surface area contributed by atoms with E-state index in [1.54, 1.807) is 18.2 Å². The van der Waals surface area contributed by atoms with Gasteiger partial charge in [-0.1, -0.05) is 30.9 Å². The molecule has 126 valence electrons. The summed E-state index contributed by atoms with van der Waals surface area (Å²) in [6.07, 6.45) is 6.82. The average molecular weight is 341 g/mol. The minimum Gasteiger partial charge on any atom is -0.485 e. The Balaban J connectivity index is 1.95. The molecule has 1 aliphatic rings. The van der Waals surface area contributed by atoms with Crippen LogP contribution in [-0.4, -0.2) is 25.1 Å². The molecular formula is C17H22ClFN2O2. The van der Waals surface area contributed by atoms with Gasteiger partial charge in [-0.15, -0.1) is 0 Å². The van der Waals surface area contributed by atoms with Crippen LogP contribution in [0, 0.1) is 0 Å². The second-order valence-electron chi connectivity index (χ2n) is 5.63. The fraction of sp³-hybridized carbons (Fsp3) is 0.471. The number of hydrogen-bond donors (Lipinski definition) is 2. The van der Waals surface area contributed by atoms with Crippen LogP contribution in [0.15, 0.2) is 30.1 Å². The Bertz CT molecular complexity index is 572. The highest BCUT2D eigenvalue weighted by molar-refractivity contribution is 6.32. The molecule has 1 saturated carbocycles. The van der Waals surface area contributed by atoms with Crippen LogP contribution < -0.4 is 15.8 Å². The van der Waals surface area contributed by atoms with Crippen molar-refractivity contribution in [2.24, 2.45) is 5.73 Å². The number of nitrogens with one attached hydrogen (secondary N) is 1. The van der Waals surface area contributed by atoms with Gasteiger partial charge in [0.1, 0.15) is 18.2 Å². The van der Waals surface area contributed by atoms with E-state index in [1.807, 2.05) is 0 Å². The molecule has 0 aromatic heterocycles. The van der Waals surface area contributed by atoms with Crippen LogP contribution in [0.5, 0.6) is 5.75 Å². The summed E-state index contributed by atoms with van der Waals surface area (Å²) in [7, 11) is 0. The van der Waals surface area contributed by atoms with E-state index in [2.05, 4.69) is 5.32 Å². The molecule has 0 atom stereocenters. The van der Waals surface area contributed by atoms with Gasteiger partial charge < -0.3 is 15.8 Å². The zero-order chi connectivity index (χ0) is 16.7. The van der Waals surface area contributed by atoms with E-state index < -0.39 is 5.83 Å². The van der Waals surface area contributed by atoms with Crippen LogP contribution in [0.2, 0.25) is 5.02 Å². The van der Waals surface area contributed by atoms with Crippen molar-refractivity contribution in [3.63, 3.8) is 0 Å². The molecule has 0 aliphatic heterocycles. The molecule has 0 radical (unpaired) electrons. The molecule has 1 aliphatic carbocycles. The lowest BCUT2D eigenvalue weighted by atomic mass is 9.95. The number of benzene rings is 1. The van der Waals surface area contributed by atoms with Gasteiger partial charge in [0.15, 0.2) is 0 Å². The van der Waals surface area contributed by atoms with Crippen LogP contribution in [0.3, 0.4) is 0 Å². The highest BCUT2D eigenvalue weighted by Crippen LogP contribution is 2.26. The number of nitrogens with two attached hydrogens (primary N) is 1. The highest BCUT2D eigenvalue weighted by atomic mass is 35.5. The van der Waals surface area contributed by atoms with Gasteiger partial charge in [-0.3, -0.25) is 4.79 Å². The van der Waals surface area contributed by atoms with Crippen molar-refractivity contribution < 1.29 is 13.9 Å². The van der Waals surface area contributed by atoms with E-state index in [9.17, 15) is 9.18 Å². The fourth-order valence-corrected chi connectivity index (χ4v) is 2.84.